The Morgan fingerprint density at radius 2 is 1.36 bits per heavy atom. The van der Waals surface area contributed by atoms with Gasteiger partial charge in [0.05, 0.1) is 5.92 Å². The molecule has 0 aliphatic heterocycles. The topological polar surface area (TPSA) is 0 Å². The molecule has 10 radical (unpaired) electrons. The molecule has 0 nitrogen and oxygen atoms in total. The van der Waals surface area contributed by atoms with Crippen LogP contribution in [0.25, 0.3) is 0 Å². The summed E-state index contributed by atoms with van der Waals surface area (Å²) in [5.41, 5.74) is 0. The van der Waals surface area contributed by atoms with E-state index in [1.54, 1.807) is 0 Å². The van der Waals surface area contributed by atoms with Gasteiger partial charge in [0.2, 0.25) is 0 Å². The van der Waals surface area contributed by atoms with Gasteiger partial charge >= 0.3 is 17.1 Å². The largest absolute Gasteiger partial charge is 2.00 e. The maximum Gasteiger partial charge on any atom is 2.00 e. The van der Waals surface area contributed by atoms with Crippen molar-refractivity contribution in [2.24, 2.45) is 0 Å². The zero-order chi connectivity index (χ0) is 9.52. The van der Waals surface area contributed by atoms with Crippen LogP contribution in [0.3, 0.4) is 0 Å². The Bertz CT molecular complexity index is 162. The van der Waals surface area contributed by atoms with Gasteiger partial charge in [-0.25, -0.2) is 0 Å². The molecule has 0 spiro atoms. The molecule has 2 aliphatic carbocycles. The van der Waals surface area contributed by atoms with E-state index in [-0.39, 0.29) is 17.1 Å². The average Bonchev–Trinajstić information content (AvgIpc) is 2.76. The molecule has 0 aromatic carbocycles. The smallest absolute Gasteiger partial charge is 0.119 e. The van der Waals surface area contributed by atoms with Crippen LogP contribution in [0.2, 0.25) is 0 Å². The second kappa shape index (κ2) is 9.07. The van der Waals surface area contributed by atoms with Crippen LogP contribution in [0, 0.1) is 73.6 Å². The molecule has 14 heavy (non-hydrogen) atoms. The summed E-state index contributed by atoms with van der Waals surface area (Å²) in [4.78, 5) is 0. The fraction of sp³-hybridized carbons (Fsp3) is 0. The molecular formula is C12H9FeI+2. The van der Waals surface area contributed by atoms with Gasteiger partial charge in [-0.3, -0.25) is 0 Å². The van der Waals surface area contributed by atoms with Crippen LogP contribution in [0.5, 0.6) is 0 Å². The molecule has 2 heteroatoms. The second-order valence-electron chi connectivity index (χ2n) is 2.42. The molecule has 2 fully saturated rings. The van der Waals surface area contributed by atoms with Crippen molar-refractivity contribution in [3.05, 3.63) is 61.2 Å². The van der Waals surface area contributed by atoms with Gasteiger partial charge < -0.3 is 0 Å². The zero-order valence-corrected chi connectivity index (χ0v) is 10.7. The van der Waals surface area contributed by atoms with Gasteiger partial charge in [0, 0.05) is 3.92 Å². The molecule has 0 unspecified atom stereocenters. The van der Waals surface area contributed by atoms with Crippen molar-refractivity contribution in [1.82, 2.24) is 0 Å². The SMILES string of the molecule is C#C[C]1[CH][CH][CH][CH]1.I[C]1[CH][CH][CH][CH]1.[Fe+2]. The predicted molar refractivity (Wildman–Crippen MR) is 63.7 cm³/mol. The first-order valence-electron chi connectivity index (χ1n) is 3.88. The summed E-state index contributed by atoms with van der Waals surface area (Å²) in [6.45, 7) is 0. The third-order valence-corrected chi connectivity index (χ3v) is 2.17. The van der Waals surface area contributed by atoms with Crippen LogP contribution in [0.15, 0.2) is 0 Å². The standard InChI is InChI=1S/C7H5.C5H4I.Fe/c1-2-7-5-3-4-6-7;6-5-3-1-2-4-5;/h1,3-6H;1-4H;/q;;+2. The fourth-order valence-corrected chi connectivity index (χ4v) is 1.24. The molecule has 0 aromatic rings. The molecule has 0 amide bonds. The Kier molecular flexibility index (Phi) is 9.59. The molecule has 0 bridgehead atoms. The van der Waals surface area contributed by atoms with Crippen LogP contribution in [0.1, 0.15) is 0 Å². The van der Waals surface area contributed by atoms with Crippen molar-refractivity contribution in [2.75, 3.05) is 0 Å². The van der Waals surface area contributed by atoms with Crippen LogP contribution < -0.4 is 0 Å². The Labute approximate surface area is 113 Å². The summed E-state index contributed by atoms with van der Waals surface area (Å²) in [5, 5.41) is 0. The maximum absolute atomic E-state index is 5.04. The van der Waals surface area contributed by atoms with Gasteiger partial charge in [-0.1, -0.05) is 28.5 Å². The monoisotopic (exact) mass is 336 g/mol. The van der Waals surface area contributed by atoms with E-state index in [1.165, 1.54) is 3.92 Å². The first-order valence-corrected chi connectivity index (χ1v) is 4.96. The third-order valence-electron chi connectivity index (χ3n) is 1.45. The molecule has 2 saturated carbocycles. The first-order chi connectivity index (χ1) is 6.33. The van der Waals surface area contributed by atoms with Crippen LogP contribution in [0.4, 0.5) is 0 Å². The molecule has 0 aromatic heterocycles. The quantitative estimate of drug-likeness (QED) is 0.363. The Morgan fingerprint density at radius 1 is 0.929 bits per heavy atom. The predicted octanol–water partition coefficient (Wildman–Crippen LogP) is 2.81. The fourth-order valence-electron chi connectivity index (χ4n) is 0.821. The van der Waals surface area contributed by atoms with E-state index in [9.17, 15) is 0 Å². The molecule has 0 heterocycles. The van der Waals surface area contributed by atoms with Gasteiger partial charge in [-0.2, -0.15) is 0 Å². The number of hydrogen-bond donors (Lipinski definition) is 0. The summed E-state index contributed by atoms with van der Waals surface area (Å²) in [6.07, 6.45) is 20.9. The molecule has 0 N–H and O–H groups in total. The third kappa shape index (κ3) is 6.32. The van der Waals surface area contributed by atoms with E-state index in [4.69, 9.17) is 6.42 Å². The maximum atomic E-state index is 5.04. The number of rotatable bonds is 0. The minimum atomic E-state index is 0. The number of halogens is 1. The summed E-state index contributed by atoms with van der Waals surface area (Å²) < 4.78 is 1.31. The molecule has 2 aliphatic rings. The van der Waals surface area contributed by atoms with Crippen molar-refractivity contribution >= 4 is 22.6 Å². The van der Waals surface area contributed by atoms with Crippen LogP contribution in [-0.2, 0) is 17.1 Å². The molecule has 2 rings (SSSR count). The summed E-state index contributed by atoms with van der Waals surface area (Å²) in [5.74, 6) is 3.47. The number of hydrogen-bond acceptors (Lipinski definition) is 0. The molecule has 0 atom stereocenters. The Hall–Kier alpha value is 0.809. The van der Waals surface area contributed by atoms with Crippen molar-refractivity contribution in [1.29, 1.82) is 0 Å². The molecule has 0 saturated heterocycles. The van der Waals surface area contributed by atoms with E-state index >= 15 is 0 Å². The summed E-state index contributed by atoms with van der Waals surface area (Å²) in [6, 6.07) is 0. The Morgan fingerprint density at radius 3 is 1.57 bits per heavy atom. The molecule has 70 valence electrons. The first kappa shape index (κ1) is 14.8. The second-order valence-corrected chi connectivity index (χ2v) is 3.67. The van der Waals surface area contributed by atoms with E-state index in [2.05, 4.69) is 41.4 Å². The van der Waals surface area contributed by atoms with E-state index in [0.29, 0.717) is 0 Å². The van der Waals surface area contributed by atoms with Gasteiger partial charge in [-0.05, 0) is 51.4 Å². The van der Waals surface area contributed by atoms with E-state index in [1.807, 2.05) is 38.5 Å². The van der Waals surface area contributed by atoms with Crippen molar-refractivity contribution in [3.8, 4) is 12.3 Å². The average molecular weight is 336 g/mol. The molecular weight excluding hydrogens is 327 g/mol. The van der Waals surface area contributed by atoms with Crippen LogP contribution >= 0.6 is 22.6 Å². The summed E-state index contributed by atoms with van der Waals surface area (Å²) >= 11 is 2.28. The minimum absolute atomic E-state index is 0. The van der Waals surface area contributed by atoms with Gasteiger partial charge in [-0.15, -0.1) is 6.42 Å². The van der Waals surface area contributed by atoms with Crippen LogP contribution in [-0.4, -0.2) is 0 Å². The normalized spacial score (nSPS) is 22.0. The summed E-state index contributed by atoms with van der Waals surface area (Å²) in [7, 11) is 0. The van der Waals surface area contributed by atoms with Crippen molar-refractivity contribution < 1.29 is 17.1 Å². The van der Waals surface area contributed by atoms with Gasteiger partial charge in [0.1, 0.15) is 0 Å². The van der Waals surface area contributed by atoms with Crippen molar-refractivity contribution in [3.63, 3.8) is 0 Å². The van der Waals surface area contributed by atoms with Gasteiger partial charge in [0.15, 0.2) is 0 Å². The van der Waals surface area contributed by atoms with Gasteiger partial charge in [0.25, 0.3) is 0 Å². The van der Waals surface area contributed by atoms with E-state index in [0.717, 1.165) is 5.92 Å². The zero-order valence-electron chi connectivity index (χ0n) is 7.43. The van der Waals surface area contributed by atoms with Crippen molar-refractivity contribution in [2.45, 2.75) is 0 Å². The van der Waals surface area contributed by atoms with E-state index < -0.39 is 0 Å². The number of terminal acetylenes is 1. The Balaban J connectivity index is 0.000000227. The minimum Gasteiger partial charge on any atom is -0.119 e.